The standard InChI is InChI=1S/C11H19BrN2S/c1-9(5-13-2)6-14(3)7-11-4-10(12)8-15-11/h4,8-9,13H,5-7H2,1-3H3. The van der Waals surface area contributed by atoms with Crippen LogP contribution in [0.4, 0.5) is 0 Å². The molecule has 0 spiro atoms. The van der Waals surface area contributed by atoms with E-state index < -0.39 is 0 Å². The summed E-state index contributed by atoms with van der Waals surface area (Å²) < 4.78 is 1.19. The van der Waals surface area contributed by atoms with E-state index in [1.54, 1.807) is 0 Å². The number of thiophene rings is 1. The molecule has 15 heavy (non-hydrogen) atoms. The molecule has 0 aromatic carbocycles. The zero-order chi connectivity index (χ0) is 11.3. The van der Waals surface area contributed by atoms with E-state index in [1.165, 1.54) is 9.35 Å². The molecule has 1 atom stereocenters. The molecule has 0 saturated heterocycles. The van der Waals surface area contributed by atoms with Crippen molar-refractivity contribution >= 4 is 27.3 Å². The molecule has 86 valence electrons. The van der Waals surface area contributed by atoms with Crippen molar-refractivity contribution in [1.82, 2.24) is 10.2 Å². The third-order valence-corrected chi connectivity index (χ3v) is 3.91. The van der Waals surface area contributed by atoms with Crippen molar-refractivity contribution in [2.45, 2.75) is 13.5 Å². The lowest BCUT2D eigenvalue weighted by molar-refractivity contribution is 0.278. The van der Waals surface area contributed by atoms with Crippen LogP contribution in [0.2, 0.25) is 0 Å². The van der Waals surface area contributed by atoms with Gasteiger partial charge in [-0.2, -0.15) is 0 Å². The molecule has 1 aromatic heterocycles. The Morgan fingerprint density at radius 2 is 2.33 bits per heavy atom. The van der Waals surface area contributed by atoms with Crippen LogP contribution in [-0.4, -0.2) is 32.1 Å². The lowest BCUT2D eigenvalue weighted by Crippen LogP contribution is -2.29. The molecule has 1 heterocycles. The van der Waals surface area contributed by atoms with Gasteiger partial charge < -0.3 is 10.2 Å². The number of hydrogen-bond donors (Lipinski definition) is 1. The summed E-state index contributed by atoms with van der Waals surface area (Å²) in [6, 6.07) is 2.20. The summed E-state index contributed by atoms with van der Waals surface area (Å²) in [4.78, 5) is 3.79. The van der Waals surface area contributed by atoms with Crippen molar-refractivity contribution in [1.29, 1.82) is 0 Å². The molecule has 0 amide bonds. The van der Waals surface area contributed by atoms with Crippen LogP contribution in [0.3, 0.4) is 0 Å². The van der Waals surface area contributed by atoms with Gasteiger partial charge in [-0.15, -0.1) is 11.3 Å². The maximum atomic E-state index is 3.48. The van der Waals surface area contributed by atoms with E-state index in [2.05, 4.69) is 51.6 Å². The summed E-state index contributed by atoms with van der Waals surface area (Å²) in [5, 5.41) is 5.35. The van der Waals surface area contributed by atoms with Crippen LogP contribution >= 0.6 is 27.3 Å². The van der Waals surface area contributed by atoms with E-state index in [0.29, 0.717) is 5.92 Å². The Morgan fingerprint density at radius 3 is 2.87 bits per heavy atom. The van der Waals surface area contributed by atoms with E-state index in [1.807, 2.05) is 18.4 Å². The molecular formula is C11H19BrN2S. The molecule has 0 fully saturated rings. The second kappa shape index (κ2) is 6.63. The fourth-order valence-electron chi connectivity index (χ4n) is 1.71. The number of halogens is 1. The highest BCUT2D eigenvalue weighted by molar-refractivity contribution is 9.10. The second-order valence-corrected chi connectivity index (χ2v) is 6.00. The topological polar surface area (TPSA) is 15.3 Å². The van der Waals surface area contributed by atoms with Crippen molar-refractivity contribution in [2.24, 2.45) is 5.92 Å². The Morgan fingerprint density at radius 1 is 1.60 bits per heavy atom. The van der Waals surface area contributed by atoms with Crippen molar-refractivity contribution in [3.8, 4) is 0 Å². The summed E-state index contributed by atoms with van der Waals surface area (Å²) in [7, 11) is 4.19. The zero-order valence-electron chi connectivity index (χ0n) is 9.59. The highest BCUT2D eigenvalue weighted by atomic mass is 79.9. The number of rotatable bonds is 6. The highest BCUT2D eigenvalue weighted by Crippen LogP contribution is 2.20. The molecule has 0 aliphatic carbocycles. The summed E-state index contributed by atoms with van der Waals surface area (Å²) in [5.41, 5.74) is 0. The fourth-order valence-corrected chi connectivity index (χ4v) is 3.24. The summed E-state index contributed by atoms with van der Waals surface area (Å²) in [6.07, 6.45) is 0. The third-order valence-electron chi connectivity index (χ3n) is 2.22. The smallest absolute Gasteiger partial charge is 0.0325 e. The third kappa shape index (κ3) is 5.11. The first kappa shape index (κ1) is 13.2. The van der Waals surface area contributed by atoms with Crippen LogP contribution in [0.5, 0.6) is 0 Å². The molecule has 1 unspecified atom stereocenters. The van der Waals surface area contributed by atoms with E-state index in [0.717, 1.165) is 19.6 Å². The predicted octanol–water partition coefficient (Wildman–Crippen LogP) is 2.80. The summed E-state index contributed by atoms with van der Waals surface area (Å²) in [5.74, 6) is 0.698. The van der Waals surface area contributed by atoms with Crippen molar-refractivity contribution in [2.75, 3.05) is 27.2 Å². The summed E-state index contributed by atoms with van der Waals surface area (Å²) >= 11 is 5.29. The van der Waals surface area contributed by atoms with E-state index in [9.17, 15) is 0 Å². The first-order valence-corrected chi connectivity index (χ1v) is 6.85. The minimum Gasteiger partial charge on any atom is -0.319 e. The van der Waals surface area contributed by atoms with Crippen molar-refractivity contribution < 1.29 is 0 Å². The predicted molar refractivity (Wildman–Crippen MR) is 71.4 cm³/mol. The number of nitrogens with zero attached hydrogens (tertiary/aromatic N) is 1. The molecule has 0 saturated carbocycles. The Balaban J connectivity index is 2.32. The van der Waals surface area contributed by atoms with E-state index in [4.69, 9.17) is 0 Å². The molecular weight excluding hydrogens is 272 g/mol. The van der Waals surface area contributed by atoms with Gasteiger partial charge in [-0.1, -0.05) is 6.92 Å². The minimum absolute atomic E-state index is 0.698. The Kier molecular flexibility index (Phi) is 5.82. The van der Waals surface area contributed by atoms with Crippen LogP contribution < -0.4 is 5.32 Å². The van der Waals surface area contributed by atoms with Gasteiger partial charge in [0.1, 0.15) is 0 Å². The van der Waals surface area contributed by atoms with E-state index in [-0.39, 0.29) is 0 Å². The van der Waals surface area contributed by atoms with Gasteiger partial charge in [0, 0.05) is 27.8 Å². The van der Waals surface area contributed by atoms with Gasteiger partial charge in [-0.3, -0.25) is 0 Å². The van der Waals surface area contributed by atoms with Crippen molar-refractivity contribution in [3.05, 3.63) is 20.8 Å². The van der Waals surface area contributed by atoms with Crippen molar-refractivity contribution in [3.63, 3.8) is 0 Å². The molecule has 2 nitrogen and oxygen atoms in total. The molecule has 1 aromatic rings. The molecule has 0 bridgehead atoms. The zero-order valence-corrected chi connectivity index (χ0v) is 12.0. The van der Waals surface area contributed by atoms with Crippen LogP contribution in [0.1, 0.15) is 11.8 Å². The first-order chi connectivity index (χ1) is 7.11. The first-order valence-electron chi connectivity index (χ1n) is 5.18. The number of nitrogens with one attached hydrogen (secondary N) is 1. The summed E-state index contributed by atoms with van der Waals surface area (Å²) in [6.45, 7) is 5.54. The van der Waals surface area contributed by atoms with Gasteiger partial charge in [-0.25, -0.2) is 0 Å². The molecule has 0 radical (unpaired) electrons. The SMILES string of the molecule is CNCC(C)CN(C)Cc1cc(Br)cs1. The highest BCUT2D eigenvalue weighted by Gasteiger charge is 2.07. The van der Waals surface area contributed by atoms with E-state index >= 15 is 0 Å². The quantitative estimate of drug-likeness (QED) is 0.867. The average Bonchev–Trinajstić information content (AvgIpc) is 2.51. The Labute approximate surface area is 105 Å². The van der Waals surface area contributed by atoms with Gasteiger partial charge in [0.15, 0.2) is 0 Å². The Bertz CT molecular complexity index is 288. The molecule has 1 N–H and O–H groups in total. The molecule has 4 heteroatoms. The van der Waals surface area contributed by atoms with Crippen LogP contribution in [0.15, 0.2) is 15.9 Å². The maximum absolute atomic E-state index is 3.48. The molecule has 0 aliphatic rings. The largest absolute Gasteiger partial charge is 0.319 e. The fraction of sp³-hybridized carbons (Fsp3) is 0.636. The van der Waals surface area contributed by atoms with Gasteiger partial charge in [0.25, 0.3) is 0 Å². The lowest BCUT2D eigenvalue weighted by Gasteiger charge is -2.20. The van der Waals surface area contributed by atoms with Gasteiger partial charge >= 0.3 is 0 Å². The van der Waals surface area contributed by atoms with Gasteiger partial charge in [0.05, 0.1) is 0 Å². The van der Waals surface area contributed by atoms with Gasteiger partial charge in [-0.05, 0) is 48.6 Å². The monoisotopic (exact) mass is 290 g/mol. The normalized spacial score (nSPS) is 13.4. The lowest BCUT2D eigenvalue weighted by atomic mass is 10.1. The van der Waals surface area contributed by atoms with Crippen LogP contribution in [-0.2, 0) is 6.54 Å². The second-order valence-electron chi connectivity index (χ2n) is 4.09. The van der Waals surface area contributed by atoms with Gasteiger partial charge in [0.2, 0.25) is 0 Å². The molecule has 1 rings (SSSR count). The average molecular weight is 291 g/mol. The molecule has 0 aliphatic heterocycles. The maximum Gasteiger partial charge on any atom is 0.0325 e. The number of hydrogen-bond acceptors (Lipinski definition) is 3. The van der Waals surface area contributed by atoms with Crippen LogP contribution in [0, 0.1) is 5.92 Å². The van der Waals surface area contributed by atoms with Crippen LogP contribution in [0.25, 0.3) is 0 Å². The minimum atomic E-state index is 0.698. The Hall–Kier alpha value is 0.1000.